The van der Waals surface area contributed by atoms with Crippen LogP contribution in [0.5, 0.6) is 0 Å². The van der Waals surface area contributed by atoms with Gasteiger partial charge in [0.15, 0.2) is 0 Å². The molecule has 0 fully saturated rings. The highest BCUT2D eigenvalue weighted by atomic mass is 32.1. The molecule has 0 bridgehead atoms. The molecule has 0 amide bonds. The first-order valence-electron chi connectivity index (χ1n) is 5.41. The fourth-order valence-corrected chi connectivity index (χ4v) is 1.59. The third kappa shape index (κ3) is 3.30. The lowest BCUT2D eigenvalue weighted by atomic mass is 10.1. The van der Waals surface area contributed by atoms with Gasteiger partial charge in [-0.25, -0.2) is 0 Å². The number of hydrogen-bond acceptors (Lipinski definition) is 2. The summed E-state index contributed by atoms with van der Waals surface area (Å²) in [7, 11) is 0. The lowest BCUT2D eigenvalue weighted by Crippen LogP contribution is -1.92. The van der Waals surface area contributed by atoms with E-state index >= 15 is 0 Å². The zero-order valence-electron chi connectivity index (χ0n) is 9.35. The maximum Gasteiger partial charge on any atom is 0.0543 e. The Balaban J connectivity index is 2.27. The Kier molecular flexibility index (Phi) is 4.12. The summed E-state index contributed by atoms with van der Waals surface area (Å²) in [5.74, 6) is 6.63. The molecule has 0 aliphatic carbocycles. The Morgan fingerprint density at radius 1 is 0.941 bits per heavy atom. The van der Waals surface area contributed by atoms with Crippen LogP contribution in [0.2, 0.25) is 0 Å². The maximum atomic E-state index is 4.09. The van der Waals surface area contributed by atoms with Crippen LogP contribution in [0.15, 0.2) is 54.6 Å². The van der Waals surface area contributed by atoms with Gasteiger partial charge in [-0.2, -0.15) is 12.6 Å². The molecule has 0 spiro atoms. The molecule has 2 rings (SSSR count). The van der Waals surface area contributed by atoms with Crippen molar-refractivity contribution < 1.29 is 0 Å². The molecule has 1 nitrogen and oxygen atoms in total. The van der Waals surface area contributed by atoms with Crippen LogP contribution in [0.1, 0.15) is 5.56 Å². The van der Waals surface area contributed by atoms with E-state index in [1.54, 1.807) is 0 Å². The van der Waals surface area contributed by atoms with E-state index in [2.05, 4.69) is 29.8 Å². The molecule has 0 radical (unpaired) electrons. The second-order valence-electron chi connectivity index (χ2n) is 3.50. The summed E-state index contributed by atoms with van der Waals surface area (Å²) < 4.78 is 0. The van der Waals surface area contributed by atoms with Crippen LogP contribution < -0.4 is 5.32 Å². The molecule has 1 N–H and O–H groups in total. The molecule has 0 heterocycles. The third-order valence-electron chi connectivity index (χ3n) is 2.28. The van der Waals surface area contributed by atoms with Crippen molar-refractivity contribution in [3.63, 3.8) is 0 Å². The number of rotatable bonds is 2. The Bertz CT molecular complexity index is 538. The van der Waals surface area contributed by atoms with E-state index < -0.39 is 0 Å². The lowest BCUT2D eigenvalue weighted by Gasteiger charge is -2.08. The number of anilines is 2. The van der Waals surface area contributed by atoms with Crippen LogP contribution >= 0.6 is 12.6 Å². The highest BCUT2D eigenvalue weighted by Gasteiger charge is 1.98. The maximum absolute atomic E-state index is 4.09. The molecule has 0 atom stereocenters. The minimum absolute atomic E-state index is 0.569. The third-order valence-corrected chi connectivity index (χ3v) is 2.44. The SMILES string of the molecule is SCC#Cc1ccccc1Nc1ccccc1. The van der Waals surface area contributed by atoms with Crippen LogP contribution in [0.3, 0.4) is 0 Å². The van der Waals surface area contributed by atoms with Crippen LogP contribution in [-0.2, 0) is 0 Å². The summed E-state index contributed by atoms with van der Waals surface area (Å²) in [4.78, 5) is 0. The highest BCUT2D eigenvalue weighted by molar-refractivity contribution is 7.80. The summed E-state index contributed by atoms with van der Waals surface area (Å²) in [6.07, 6.45) is 0. The predicted molar refractivity (Wildman–Crippen MR) is 76.9 cm³/mol. The zero-order chi connectivity index (χ0) is 11.9. The Morgan fingerprint density at radius 3 is 2.41 bits per heavy atom. The molecular weight excluding hydrogens is 226 g/mol. The predicted octanol–water partition coefficient (Wildman–Crippen LogP) is 3.71. The summed E-state index contributed by atoms with van der Waals surface area (Å²) in [5, 5.41) is 3.35. The second-order valence-corrected chi connectivity index (χ2v) is 3.81. The molecule has 2 aromatic rings. The molecular formula is C15H13NS. The standard InChI is InChI=1S/C15H13NS/c17-12-6-8-13-7-4-5-11-15(13)16-14-9-2-1-3-10-14/h1-5,7,9-11,16-17H,12H2. The van der Waals surface area contributed by atoms with Crippen LogP contribution in [0.25, 0.3) is 0 Å². The fraction of sp³-hybridized carbons (Fsp3) is 0.0667. The van der Waals surface area contributed by atoms with E-state index in [1.165, 1.54) is 0 Å². The van der Waals surface area contributed by atoms with Gasteiger partial charge in [0.25, 0.3) is 0 Å². The zero-order valence-corrected chi connectivity index (χ0v) is 10.2. The number of para-hydroxylation sites is 2. The largest absolute Gasteiger partial charge is 0.355 e. The first kappa shape index (κ1) is 11.6. The quantitative estimate of drug-likeness (QED) is 0.601. The van der Waals surface area contributed by atoms with E-state index in [0.717, 1.165) is 16.9 Å². The number of hydrogen-bond donors (Lipinski definition) is 2. The molecule has 0 saturated carbocycles. The Morgan fingerprint density at radius 2 is 1.65 bits per heavy atom. The normalized spacial score (nSPS) is 9.24. The van der Waals surface area contributed by atoms with Gasteiger partial charge in [0.05, 0.1) is 11.4 Å². The van der Waals surface area contributed by atoms with Crippen molar-refractivity contribution in [1.29, 1.82) is 0 Å². The Labute approximate surface area is 107 Å². The number of thiol groups is 1. The molecule has 0 aliphatic rings. The van der Waals surface area contributed by atoms with Gasteiger partial charge >= 0.3 is 0 Å². The molecule has 84 valence electrons. The van der Waals surface area contributed by atoms with E-state index in [-0.39, 0.29) is 0 Å². The molecule has 17 heavy (non-hydrogen) atoms. The van der Waals surface area contributed by atoms with Crippen molar-refractivity contribution in [2.45, 2.75) is 0 Å². The van der Waals surface area contributed by atoms with Gasteiger partial charge in [-0.15, -0.1) is 0 Å². The van der Waals surface area contributed by atoms with E-state index in [9.17, 15) is 0 Å². The lowest BCUT2D eigenvalue weighted by molar-refractivity contribution is 1.52. The van der Waals surface area contributed by atoms with Gasteiger partial charge in [-0.3, -0.25) is 0 Å². The minimum atomic E-state index is 0.569. The van der Waals surface area contributed by atoms with Crippen molar-refractivity contribution in [2.75, 3.05) is 11.1 Å². The summed E-state index contributed by atoms with van der Waals surface area (Å²) >= 11 is 4.09. The van der Waals surface area contributed by atoms with E-state index in [4.69, 9.17) is 0 Å². The van der Waals surface area contributed by atoms with Crippen molar-refractivity contribution in [1.82, 2.24) is 0 Å². The van der Waals surface area contributed by atoms with Crippen molar-refractivity contribution >= 4 is 24.0 Å². The highest BCUT2D eigenvalue weighted by Crippen LogP contribution is 2.19. The molecule has 0 aliphatic heterocycles. The second kappa shape index (κ2) is 6.03. The molecule has 2 heteroatoms. The molecule has 0 saturated heterocycles. The minimum Gasteiger partial charge on any atom is -0.355 e. The molecule has 0 aromatic heterocycles. The van der Waals surface area contributed by atoms with Crippen LogP contribution in [-0.4, -0.2) is 5.75 Å². The van der Waals surface area contributed by atoms with Gasteiger partial charge in [0.2, 0.25) is 0 Å². The van der Waals surface area contributed by atoms with Gasteiger partial charge < -0.3 is 5.32 Å². The monoisotopic (exact) mass is 239 g/mol. The average Bonchev–Trinajstić information content (AvgIpc) is 2.39. The smallest absolute Gasteiger partial charge is 0.0543 e. The average molecular weight is 239 g/mol. The van der Waals surface area contributed by atoms with Crippen molar-refractivity contribution in [2.24, 2.45) is 0 Å². The first-order valence-corrected chi connectivity index (χ1v) is 6.04. The van der Waals surface area contributed by atoms with Crippen molar-refractivity contribution in [3.05, 3.63) is 60.2 Å². The topological polar surface area (TPSA) is 12.0 Å². The molecule has 0 unspecified atom stereocenters. The summed E-state index contributed by atoms with van der Waals surface area (Å²) in [5.41, 5.74) is 3.08. The van der Waals surface area contributed by atoms with Gasteiger partial charge in [-0.05, 0) is 24.3 Å². The number of nitrogens with one attached hydrogen (secondary N) is 1. The summed E-state index contributed by atoms with van der Waals surface area (Å²) in [6.45, 7) is 0. The van der Waals surface area contributed by atoms with Gasteiger partial charge in [0.1, 0.15) is 0 Å². The van der Waals surface area contributed by atoms with Crippen molar-refractivity contribution in [3.8, 4) is 11.8 Å². The van der Waals surface area contributed by atoms with E-state index in [1.807, 2.05) is 54.6 Å². The van der Waals surface area contributed by atoms with E-state index in [0.29, 0.717) is 5.75 Å². The van der Waals surface area contributed by atoms with Crippen LogP contribution in [0, 0.1) is 11.8 Å². The molecule has 2 aromatic carbocycles. The first-order chi connectivity index (χ1) is 8.40. The Hall–Kier alpha value is -1.85. The van der Waals surface area contributed by atoms with Crippen LogP contribution in [0.4, 0.5) is 11.4 Å². The number of benzene rings is 2. The fourth-order valence-electron chi connectivity index (χ4n) is 1.51. The summed E-state index contributed by atoms with van der Waals surface area (Å²) in [6, 6.07) is 18.1. The van der Waals surface area contributed by atoms with Gasteiger partial charge in [-0.1, -0.05) is 42.2 Å². The van der Waals surface area contributed by atoms with Gasteiger partial charge in [0, 0.05) is 11.3 Å².